The van der Waals surface area contributed by atoms with E-state index in [0.29, 0.717) is 5.82 Å². The Morgan fingerprint density at radius 2 is 2.04 bits per heavy atom. The number of nitrogens with two attached hydrogens (primary N) is 1. The van der Waals surface area contributed by atoms with Crippen LogP contribution in [0.3, 0.4) is 0 Å². The van der Waals surface area contributed by atoms with Gasteiger partial charge in [0.05, 0.1) is 11.1 Å². The van der Waals surface area contributed by atoms with Crippen LogP contribution in [0.1, 0.15) is 36.8 Å². The molecule has 2 aromatic rings. The summed E-state index contributed by atoms with van der Waals surface area (Å²) in [5, 5.41) is 16.3. The van der Waals surface area contributed by atoms with E-state index in [1.54, 1.807) is 6.20 Å². The summed E-state index contributed by atoms with van der Waals surface area (Å²) in [7, 11) is 0. The van der Waals surface area contributed by atoms with Crippen molar-refractivity contribution in [1.29, 1.82) is 0 Å². The molecule has 1 heterocycles. The topological polar surface area (TPSA) is 100 Å². The lowest BCUT2D eigenvalue weighted by Crippen LogP contribution is -2.42. The monoisotopic (exact) mass is 368 g/mol. The molecule has 1 aliphatic carbocycles. The lowest BCUT2D eigenvalue weighted by Gasteiger charge is -2.38. The lowest BCUT2D eigenvalue weighted by atomic mass is 9.64. The van der Waals surface area contributed by atoms with Crippen LogP contribution in [0.5, 0.6) is 0 Å². The molecule has 5 N–H and O–H groups in total. The van der Waals surface area contributed by atoms with Gasteiger partial charge in [-0.3, -0.25) is 4.79 Å². The minimum absolute atomic E-state index is 0.524. The third-order valence-corrected chi connectivity index (χ3v) is 5.37. The van der Waals surface area contributed by atoms with Crippen LogP contribution in [0.2, 0.25) is 0 Å². The van der Waals surface area contributed by atoms with E-state index in [1.165, 1.54) is 5.56 Å². The van der Waals surface area contributed by atoms with Crippen LogP contribution in [0.4, 0.5) is 11.5 Å². The first kappa shape index (κ1) is 19.2. The smallest absolute Gasteiger partial charge is 0.314 e. The van der Waals surface area contributed by atoms with Crippen molar-refractivity contribution in [3.63, 3.8) is 0 Å². The Bertz CT molecular complexity index is 774. The number of nitrogen functional groups attached to an aromatic ring is 1. The van der Waals surface area contributed by atoms with E-state index < -0.39 is 11.4 Å². The molecule has 6 heteroatoms. The third kappa shape index (κ3) is 4.57. The average molecular weight is 368 g/mol. The highest BCUT2D eigenvalue weighted by molar-refractivity contribution is 5.82. The predicted molar refractivity (Wildman–Crippen MR) is 108 cm³/mol. The van der Waals surface area contributed by atoms with Gasteiger partial charge in [-0.25, -0.2) is 4.98 Å². The summed E-state index contributed by atoms with van der Waals surface area (Å²) in [6.07, 6.45) is 6.05. The van der Waals surface area contributed by atoms with Gasteiger partial charge in [-0.2, -0.15) is 0 Å². The SMILES string of the molecule is Nc1ncccc1NCCCNCCc1cccc(C2(C(=O)O)CCC2)c1. The molecular formula is C21H28N4O2. The summed E-state index contributed by atoms with van der Waals surface area (Å²) in [4.78, 5) is 15.7. The number of anilines is 2. The molecule has 27 heavy (non-hydrogen) atoms. The summed E-state index contributed by atoms with van der Waals surface area (Å²) < 4.78 is 0. The van der Waals surface area contributed by atoms with Crippen LogP contribution in [0, 0.1) is 0 Å². The Morgan fingerprint density at radius 3 is 2.74 bits per heavy atom. The van der Waals surface area contributed by atoms with Crippen LogP contribution in [0.15, 0.2) is 42.6 Å². The minimum Gasteiger partial charge on any atom is -0.481 e. The summed E-state index contributed by atoms with van der Waals surface area (Å²) in [5.74, 6) is -0.165. The van der Waals surface area contributed by atoms with Gasteiger partial charge in [-0.1, -0.05) is 30.7 Å². The van der Waals surface area contributed by atoms with Crippen molar-refractivity contribution < 1.29 is 9.90 Å². The van der Waals surface area contributed by atoms with Crippen molar-refractivity contribution in [1.82, 2.24) is 10.3 Å². The Labute approximate surface area is 160 Å². The molecule has 6 nitrogen and oxygen atoms in total. The van der Waals surface area contributed by atoms with Gasteiger partial charge in [-0.15, -0.1) is 0 Å². The number of pyridine rings is 1. The zero-order valence-electron chi connectivity index (χ0n) is 15.6. The minimum atomic E-state index is -0.689. The van der Waals surface area contributed by atoms with Gasteiger partial charge in [0.25, 0.3) is 0 Å². The van der Waals surface area contributed by atoms with Crippen molar-refractivity contribution in [3.8, 4) is 0 Å². The van der Waals surface area contributed by atoms with Crippen LogP contribution >= 0.6 is 0 Å². The molecule has 0 aliphatic heterocycles. The molecule has 1 aliphatic rings. The highest BCUT2D eigenvalue weighted by atomic mass is 16.4. The zero-order valence-corrected chi connectivity index (χ0v) is 15.6. The number of carboxylic acid groups (broad SMARTS) is 1. The van der Waals surface area contributed by atoms with Crippen molar-refractivity contribution in [2.24, 2.45) is 0 Å². The van der Waals surface area contributed by atoms with Gasteiger partial charge in [0.2, 0.25) is 0 Å². The van der Waals surface area contributed by atoms with Crippen molar-refractivity contribution >= 4 is 17.5 Å². The second-order valence-corrected chi connectivity index (χ2v) is 7.16. The first-order valence-corrected chi connectivity index (χ1v) is 9.60. The Morgan fingerprint density at radius 1 is 1.19 bits per heavy atom. The maximum atomic E-state index is 11.7. The fourth-order valence-electron chi connectivity index (χ4n) is 3.54. The molecule has 0 radical (unpaired) electrons. The number of nitrogens with zero attached hydrogens (tertiary/aromatic N) is 1. The van der Waals surface area contributed by atoms with E-state index in [0.717, 1.165) is 63.0 Å². The van der Waals surface area contributed by atoms with Gasteiger partial charge in [-0.05, 0) is 62.0 Å². The Hall–Kier alpha value is -2.60. The number of aliphatic carboxylic acids is 1. The highest BCUT2D eigenvalue weighted by Gasteiger charge is 2.45. The van der Waals surface area contributed by atoms with Crippen molar-refractivity contribution in [2.45, 2.75) is 37.5 Å². The fraction of sp³-hybridized carbons (Fsp3) is 0.429. The number of nitrogens with one attached hydrogen (secondary N) is 2. The molecule has 0 unspecified atom stereocenters. The van der Waals surface area contributed by atoms with Crippen LogP contribution in [0.25, 0.3) is 0 Å². The molecule has 0 saturated heterocycles. The average Bonchev–Trinajstić information content (AvgIpc) is 2.61. The predicted octanol–water partition coefficient (Wildman–Crippen LogP) is 2.80. The zero-order chi connectivity index (χ0) is 19.1. The van der Waals surface area contributed by atoms with Crippen molar-refractivity contribution in [3.05, 3.63) is 53.7 Å². The molecule has 0 atom stereocenters. The number of rotatable bonds is 10. The number of hydrogen-bond donors (Lipinski definition) is 4. The number of hydrogen-bond acceptors (Lipinski definition) is 5. The van der Waals surface area contributed by atoms with Crippen LogP contribution in [-0.2, 0) is 16.6 Å². The summed E-state index contributed by atoms with van der Waals surface area (Å²) in [5.41, 5.74) is 8.16. The second-order valence-electron chi connectivity index (χ2n) is 7.16. The van der Waals surface area contributed by atoms with Gasteiger partial charge >= 0.3 is 5.97 Å². The lowest BCUT2D eigenvalue weighted by molar-refractivity contribution is -0.147. The van der Waals surface area contributed by atoms with Gasteiger partial charge in [0.15, 0.2) is 0 Å². The largest absolute Gasteiger partial charge is 0.481 e. The highest BCUT2D eigenvalue weighted by Crippen LogP contribution is 2.44. The molecule has 1 aromatic heterocycles. The quantitative estimate of drug-likeness (QED) is 0.481. The van der Waals surface area contributed by atoms with Crippen molar-refractivity contribution in [2.75, 3.05) is 30.7 Å². The summed E-state index contributed by atoms with van der Waals surface area (Å²) in [6, 6.07) is 11.9. The van der Waals surface area contributed by atoms with Gasteiger partial charge < -0.3 is 21.5 Å². The molecule has 3 rings (SSSR count). The van der Waals surface area contributed by atoms with E-state index >= 15 is 0 Å². The number of carboxylic acids is 1. The van der Waals surface area contributed by atoms with E-state index in [4.69, 9.17) is 5.73 Å². The number of benzene rings is 1. The van der Waals surface area contributed by atoms with E-state index in [-0.39, 0.29) is 0 Å². The molecule has 1 saturated carbocycles. The number of aromatic nitrogens is 1. The van der Waals surface area contributed by atoms with E-state index in [1.807, 2.05) is 24.3 Å². The normalized spacial score (nSPS) is 15.1. The second kappa shape index (κ2) is 8.86. The first-order valence-electron chi connectivity index (χ1n) is 9.60. The molecule has 144 valence electrons. The van der Waals surface area contributed by atoms with Crippen LogP contribution < -0.4 is 16.4 Å². The fourth-order valence-corrected chi connectivity index (χ4v) is 3.54. The Kier molecular flexibility index (Phi) is 6.29. The third-order valence-electron chi connectivity index (χ3n) is 5.37. The molecular weight excluding hydrogens is 340 g/mol. The summed E-state index contributed by atoms with van der Waals surface area (Å²) in [6.45, 7) is 2.62. The maximum Gasteiger partial charge on any atom is 0.314 e. The molecule has 0 bridgehead atoms. The molecule has 1 fully saturated rings. The maximum absolute atomic E-state index is 11.7. The molecule has 0 spiro atoms. The van der Waals surface area contributed by atoms with E-state index in [2.05, 4.69) is 27.8 Å². The van der Waals surface area contributed by atoms with E-state index in [9.17, 15) is 9.90 Å². The van der Waals surface area contributed by atoms with Gasteiger partial charge in [0, 0.05) is 12.7 Å². The van der Waals surface area contributed by atoms with Gasteiger partial charge in [0.1, 0.15) is 5.82 Å². The molecule has 1 aromatic carbocycles. The first-order chi connectivity index (χ1) is 13.1. The van der Waals surface area contributed by atoms with Crippen LogP contribution in [-0.4, -0.2) is 35.7 Å². The number of carbonyl (C=O) groups is 1. The molecule has 0 amide bonds. The Balaban J connectivity index is 1.38. The summed E-state index contributed by atoms with van der Waals surface area (Å²) >= 11 is 0. The standard InChI is InChI=1S/C21H28N4O2/c22-19-18(7-2-12-25-19)24-13-4-11-23-14-8-16-5-1-6-17(15-16)21(20(26)27)9-3-10-21/h1-2,5-7,12,15,23-24H,3-4,8-11,13-14H2,(H2,22,25)(H,26,27).